The Morgan fingerprint density at radius 1 is 0.955 bits per heavy atom. The number of hydrogen-bond donors (Lipinski definition) is 1. The van der Waals surface area contributed by atoms with Gasteiger partial charge in [-0.2, -0.15) is 0 Å². The van der Waals surface area contributed by atoms with Crippen molar-refractivity contribution in [1.29, 1.82) is 0 Å². The molecule has 0 radical (unpaired) electrons. The normalized spacial score (nSPS) is 10.9. The maximum Gasteiger partial charge on any atom is 0.265 e. The lowest BCUT2D eigenvalue weighted by Gasteiger charge is -2.11. The second kappa shape index (κ2) is 5.80. The summed E-state index contributed by atoms with van der Waals surface area (Å²) in [5, 5.41) is 3.66. The van der Waals surface area contributed by atoms with Crippen LogP contribution in [0.3, 0.4) is 0 Å². The van der Waals surface area contributed by atoms with Crippen LogP contribution in [0.15, 0.2) is 47.3 Å². The number of halogens is 4. The first-order chi connectivity index (χ1) is 10.5. The molecule has 0 amide bonds. The first-order valence-corrected chi connectivity index (χ1v) is 7.32. The summed E-state index contributed by atoms with van der Waals surface area (Å²) in [6.45, 7) is 0. The predicted octanol–water partition coefficient (Wildman–Crippen LogP) is 4.93. The van der Waals surface area contributed by atoms with Crippen molar-refractivity contribution >= 4 is 34.8 Å². The van der Waals surface area contributed by atoms with Gasteiger partial charge in [0, 0.05) is 21.7 Å². The van der Waals surface area contributed by atoms with Gasteiger partial charge in [-0.1, -0.05) is 34.8 Å². The molecule has 0 aliphatic rings. The first-order valence-electron chi connectivity index (χ1n) is 6.18. The van der Waals surface area contributed by atoms with E-state index in [4.69, 9.17) is 34.8 Å². The van der Waals surface area contributed by atoms with Gasteiger partial charge in [0.1, 0.15) is 5.82 Å². The van der Waals surface area contributed by atoms with Crippen molar-refractivity contribution in [3.8, 4) is 16.9 Å². The number of rotatable bonds is 2. The van der Waals surface area contributed by atoms with E-state index < -0.39 is 5.82 Å². The van der Waals surface area contributed by atoms with Crippen LogP contribution in [0.1, 0.15) is 0 Å². The first kappa shape index (κ1) is 15.2. The number of nitrogens with zero attached hydrogens (tertiary/aromatic N) is 1. The van der Waals surface area contributed by atoms with Crippen LogP contribution in [0.5, 0.6) is 0 Å². The van der Waals surface area contributed by atoms with Crippen molar-refractivity contribution in [3.05, 3.63) is 73.7 Å². The second-order valence-corrected chi connectivity index (χ2v) is 5.84. The number of nitrogens with one attached hydrogen (secondary N) is 1. The Bertz CT molecular complexity index is 845. The minimum absolute atomic E-state index is 0.230. The Morgan fingerprint density at radius 2 is 1.64 bits per heavy atom. The minimum Gasteiger partial charge on any atom is -0.268 e. The molecular formula is C15H8Cl3FN2O. The number of aromatic amines is 1. The van der Waals surface area contributed by atoms with Crippen molar-refractivity contribution < 1.29 is 4.39 Å². The number of H-pyrrole nitrogens is 1. The monoisotopic (exact) mass is 356 g/mol. The van der Waals surface area contributed by atoms with Crippen LogP contribution < -0.4 is 5.56 Å². The van der Waals surface area contributed by atoms with E-state index >= 15 is 0 Å². The molecule has 0 unspecified atom stereocenters. The molecule has 0 saturated heterocycles. The zero-order valence-electron chi connectivity index (χ0n) is 10.9. The fourth-order valence-corrected chi connectivity index (χ4v) is 2.79. The molecule has 0 fully saturated rings. The van der Waals surface area contributed by atoms with Crippen LogP contribution in [0, 0.1) is 5.82 Å². The summed E-state index contributed by atoms with van der Waals surface area (Å²) in [4.78, 5) is 11.7. The fourth-order valence-electron chi connectivity index (χ4n) is 2.14. The van der Waals surface area contributed by atoms with Crippen molar-refractivity contribution in [2.75, 3.05) is 0 Å². The van der Waals surface area contributed by atoms with E-state index in [1.807, 2.05) is 0 Å². The Kier molecular flexibility index (Phi) is 4.00. The van der Waals surface area contributed by atoms with Gasteiger partial charge in [0.2, 0.25) is 0 Å². The van der Waals surface area contributed by atoms with E-state index in [-0.39, 0.29) is 16.1 Å². The second-order valence-electron chi connectivity index (χ2n) is 4.56. The maximum atomic E-state index is 14.1. The lowest BCUT2D eigenvalue weighted by atomic mass is 10.1. The molecule has 1 aromatic heterocycles. The molecule has 0 atom stereocenters. The Labute approximate surface area is 139 Å². The van der Waals surface area contributed by atoms with Crippen LogP contribution >= 0.6 is 34.8 Å². The van der Waals surface area contributed by atoms with Crippen LogP contribution in [-0.4, -0.2) is 9.78 Å². The third kappa shape index (κ3) is 2.77. The molecule has 0 saturated carbocycles. The highest BCUT2D eigenvalue weighted by molar-refractivity contribution is 6.35. The van der Waals surface area contributed by atoms with Gasteiger partial charge in [-0.05, 0) is 36.4 Å². The quantitative estimate of drug-likeness (QED) is 0.693. The van der Waals surface area contributed by atoms with Gasteiger partial charge in [-0.3, -0.25) is 14.6 Å². The van der Waals surface area contributed by atoms with Crippen molar-refractivity contribution in [2.45, 2.75) is 0 Å². The SMILES string of the molecule is O=c1cc(-c2ccc(Cl)cc2F)n(-c2ccc(Cl)cc2Cl)[nH]1. The van der Waals surface area contributed by atoms with Gasteiger partial charge in [-0.25, -0.2) is 4.39 Å². The maximum absolute atomic E-state index is 14.1. The average Bonchev–Trinajstić information content (AvgIpc) is 2.80. The van der Waals surface area contributed by atoms with Gasteiger partial charge in [0.05, 0.1) is 16.4 Å². The molecule has 3 nitrogen and oxygen atoms in total. The Hall–Kier alpha value is -1.75. The van der Waals surface area contributed by atoms with Crippen LogP contribution in [-0.2, 0) is 0 Å². The van der Waals surface area contributed by atoms with Crippen molar-refractivity contribution in [2.24, 2.45) is 0 Å². The molecule has 7 heteroatoms. The highest BCUT2D eigenvalue weighted by Gasteiger charge is 2.15. The van der Waals surface area contributed by atoms with Gasteiger partial charge in [0.25, 0.3) is 5.56 Å². The average molecular weight is 358 g/mol. The third-order valence-corrected chi connectivity index (χ3v) is 3.86. The van der Waals surface area contributed by atoms with Crippen LogP contribution in [0.4, 0.5) is 4.39 Å². The molecule has 3 aromatic rings. The van der Waals surface area contributed by atoms with Crippen LogP contribution in [0.2, 0.25) is 15.1 Å². The molecule has 0 aliphatic heterocycles. The minimum atomic E-state index is -0.537. The van der Waals surface area contributed by atoms with Gasteiger partial charge >= 0.3 is 0 Å². The van der Waals surface area contributed by atoms with Crippen molar-refractivity contribution in [1.82, 2.24) is 9.78 Å². The summed E-state index contributed by atoms with van der Waals surface area (Å²) < 4.78 is 15.5. The van der Waals surface area contributed by atoms with Crippen molar-refractivity contribution in [3.63, 3.8) is 0 Å². The summed E-state index contributed by atoms with van der Waals surface area (Å²) in [7, 11) is 0. The summed E-state index contributed by atoms with van der Waals surface area (Å²) in [6.07, 6.45) is 0. The summed E-state index contributed by atoms with van der Waals surface area (Å²) >= 11 is 17.8. The largest absolute Gasteiger partial charge is 0.268 e. The van der Waals surface area contributed by atoms with E-state index in [1.165, 1.54) is 22.9 Å². The molecular weight excluding hydrogens is 350 g/mol. The molecule has 2 aromatic carbocycles. The number of hydrogen-bond acceptors (Lipinski definition) is 1. The lowest BCUT2D eigenvalue weighted by Crippen LogP contribution is -2.05. The molecule has 0 aliphatic carbocycles. The zero-order valence-corrected chi connectivity index (χ0v) is 13.2. The Balaban J connectivity index is 2.24. The molecule has 112 valence electrons. The highest BCUT2D eigenvalue weighted by Crippen LogP contribution is 2.30. The summed E-state index contributed by atoms with van der Waals surface area (Å²) in [6, 6.07) is 10.3. The van der Waals surface area contributed by atoms with E-state index in [1.54, 1.807) is 24.3 Å². The predicted molar refractivity (Wildman–Crippen MR) is 86.8 cm³/mol. The van der Waals surface area contributed by atoms with E-state index in [2.05, 4.69) is 5.10 Å². The zero-order chi connectivity index (χ0) is 15.9. The molecule has 22 heavy (non-hydrogen) atoms. The molecule has 0 spiro atoms. The van der Waals surface area contributed by atoms with E-state index in [0.29, 0.717) is 21.4 Å². The highest BCUT2D eigenvalue weighted by atomic mass is 35.5. The fraction of sp³-hybridized carbons (Fsp3) is 0. The van der Waals surface area contributed by atoms with Gasteiger partial charge in [-0.15, -0.1) is 0 Å². The summed E-state index contributed by atoms with van der Waals surface area (Å²) in [5.74, 6) is -0.537. The number of benzene rings is 2. The van der Waals surface area contributed by atoms with Gasteiger partial charge in [0.15, 0.2) is 0 Å². The smallest absolute Gasteiger partial charge is 0.265 e. The third-order valence-electron chi connectivity index (χ3n) is 3.09. The molecule has 1 N–H and O–H groups in total. The number of aromatic nitrogens is 2. The Morgan fingerprint density at radius 3 is 2.32 bits per heavy atom. The van der Waals surface area contributed by atoms with E-state index in [9.17, 15) is 9.18 Å². The lowest BCUT2D eigenvalue weighted by molar-refractivity contribution is 0.629. The standard InChI is InChI=1S/C15H8Cl3FN2O/c16-8-2-4-13(11(18)5-8)21-14(7-15(22)20-21)10-3-1-9(17)6-12(10)19/h1-7H,(H,20,22). The topological polar surface area (TPSA) is 37.8 Å². The molecule has 3 rings (SSSR count). The molecule has 0 bridgehead atoms. The van der Waals surface area contributed by atoms with E-state index in [0.717, 1.165) is 0 Å². The van der Waals surface area contributed by atoms with Gasteiger partial charge < -0.3 is 0 Å². The summed E-state index contributed by atoms with van der Waals surface area (Å²) in [5.41, 5.74) is 0.671. The van der Waals surface area contributed by atoms with Crippen LogP contribution in [0.25, 0.3) is 16.9 Å². The molecule has 1 heterocycles.